The lowest BCUT2D eigenvalue weighted by Crippen LogP contribution is -2.50. The molecule has 3 heteroatoms. The first kappa shape index (κ1) is 17.3. The van der Waals surface area contributed by atoms with Crippen molar-refractivity contribution in [1.29, 1.82) is 0 Å². The van der Waals surface area contributed by atoms with Crippen LogP contribution in [-0.2, 0) is 6.42 Å². The molecule has 1 saturated carbocycles. The lowest BCUT2D eigenvalue weighted by atomic mass is 9.66. The number of phenols is 1. The predicted molar refractivity (Wildman–Crippen MR) is 96.7 cm³/mol. The first-order valence-corrected chi connectivity index (χ1v) is 9.25. The Morgan fingerprint density at radius 3 is 2.79 bits per heavy atom. The Hall–Kier alpha value is -1.48. The van der Waals surface area contributed by atoms with Gasteiger partial charge in [-0.05, 0) is 63.1 Å². The highest BCUT2D eigenvalue weighted by Gasteiger charge is 2.53. The third-order valence-electron chi connectivity index (χ3n) is 5.80. The molecule has 24 heavy (non-hydrogen) atoms. The van der Waals surface area contributed by atoms with E-state index in [2.05, 4.69) is 19.6 Å². The molecule has 0 amide bonds. The highest BCUT2D eigenvalue weighted by Crippen LogP contribution is 2.56. The molecule has 3 rings (SSSR count). The second-order valence-corrected chi connectivity index (χ2v) is 7.90. The maximum Gasteiger partial charge on any atom is 0.135 e. The van der Waals surface area contributed by atoms with E-state index in [0.717, 1.165) is 41.7 Å². The maximum absolute atomic E-state index is 10.8. The summed E-state index contributed by atoms with van der Waals surface area (Å²) in [4.78, 5) is 0. The van der Waals surface area contributed by atoms with Gasteiger partial charge in [0, 0.05) is 11.5 Å². The highest BCUT2D eigenvalue weighted by atomic mass is 16.5. The molecular weight excluding hydrogens is 300 g/mol. The van der Waals surface area contributed by atoms with Gasteiger partial charge in [0.25, 0.3) is 0 Å². The smallest absolute Gasteiger partial charge is 0.135 e. The van der Waals surface area contributed by atoms with Crippen LogP contribution < -0.4 is 4.74 Å². The van der Waals surface area contributed by atoms with E-state index in [1.807, 2.05) is 19.9 Å². The van der Waals surface area contributed by atoms with Gasteiger partial charge in [-0.1, -0.05) is 31.9 Å². The molecule has 4 atom stereocenters. The molecule has 0 bridgehead atoms. The largest absolute Gasteiger partial charge is 0.508 e. The van der Waals surface area contributed by atoms with Gasteiger partial charge in [0.2, 0.25) is 0 Å². The molecule has 2 N–H and O–H groups in total. The van der Waals surface area contributed by atoms with E-state index in [4.69, 9.17) is 4.74 Å². The SMILES string of the molecule is C=C(C)[C@@H]1CC[C@](C)(O)C2Oc3cc(CCCCC)cc(O)c3C21. The first-order chi connectivity index (χ1) is 11.3. The van der Waals surface area contributed by atoms with Crippen LogP contribution in [0.5, 0.6) is 11.5 Å². The van der Waals surface area contributed by atoms with Gasteiger partial charge in [0.05, 0.1) is 5.60 Å². The van der Waals surface area contributed by atoms with E-state index in [0.29, 0.717) is 12.2 Å². The molecule has 0 spiro atoms. The van der Waals surface area contributed by atoms with Crippen LogP contribution in [0.15, 0.2) is 24.3 Å². The van der Waals surface area contributed by atoms with Crippen molar-refractivity contribution >= 4 is 0 Å². The summed E-state index contributed by atoms with van der Waals surface area (Å²) in [6.45, 7) is 10.2. The van der Waals surface area contributed by atoms with Crippen LogP contribution in [0.4, 0.5) is 0 Å². The molecule has 1 aromatic rings. The van der Waals surface area contributed by atoms with Crippen LogP contribution in [0.25, 0.3) is 0 Å². The molecule has 1 heterocycles. The summed E-state index contributed by atoms with van der Waals surface area (Å²) in [5.41, 5.74) is 2.21. The van der Waals surface area contributed by atoms with Gasteiger partial charge in [-0.3, -0.25) is 0 Å². The van der Waals surface area contributed by atoms with Crippen LogP contribution in [0.2, 0.25) is 0 Å². The number of hydrogen-bond donors (Lipinski definition) is 2. The zero-order valence-electron chi connectivity index (χ0n) is 15.1. The molecule has 1 aromatic carbocycles. The average molecular weight is 330 g/mol. The molecular formula is C21H30O3. The number of rotatable bonds is 5. The number of aryl methyl sites for hydroxylation is 1. The van der Waals surface area contributed by atoms with Gasteiger partial charge in [0.1, 0.15) is 17.6 Å². The van der Waals surface area contributed by atoms with Crippen molar-refractivity contribution in [3.63, 3.8) is 0 Å². The van der Waals surface area contributed by atoms with E-state index in [1.54, 1.807) is 0 Å². The molecule has 1 fully saturated rings. The predicted octanol–water partition coefficient (Wildman–Crippen LogP) is 4.71. The number of aliphatic hydroxyl groups is 1. The first-order valence-electron chi connectivity index (χ1n) is 9.25. The number of unbranched alkanes of at least 4 members (excludes halogenated alkanes) is 2. The number of hydrogen-bond acceptors (Lipinski definition) is 3. The quantitative estimate of drug-likeness (QED) is 0.607. The van der Waals surface area contributed by atoms with Crippen molar-refractivity contribution in [2.24, 2.45) is 5.92 Å². The van der Waals surface area contributed by atoms with Crippen molar-refractivity contribution in [2.45, 2.75) is 76.9 Å². The van der Waals surface area contributed by atoms with E-state index >= 15 is 0 Å². The van der Waals surface area contributed by atoms with Gasteiger partial charge < -0.3 is 14.9 Å². The normalized spacial score (nSPS) is 31.2. The Labute approximate surface area is 145 Å². The van der Waals surface area contributed by atoms with Gasteiger partial charge in [0.15, 0.2) is 0 Å². The van der Waals surface area contributed by atoms with Gasteiger partial charge in [-0.2, -0.15) is 0 Å². The fourth-order valence-corrected chi connectivity index (χ4v) is 4.43. The fourth-order valence-electron chi connectivity index (χ4n) is 4.43. The van der Waals surface area contributed by atoms with Crippen molar-refractivity contribution in [3.8, 4) is 11.5 Å². The standard InChI is InChI=1S/C21H30O3/c1-5-6-7-8-14-11-16(22)19-17(12-14)24-20-18(19)15(13(2)3)9-10-21(20,4)23/h11-12,15,18,20,22-23H,2,5-10H2,1,3-4H3/t15-,18?,20?,21-/m0/s1. The lowest BCUT2D eigenvalue weighted by molar-refractivity contribution is -0.0824. The monoisotopic (exact) mass is 330 g/mol. The zero-order valence-corrected chi connectivity index (χ0v) is 15.1. The minimum Gasteiger partial charge on any atom is -0.508 e. The van der Waals surface area contributed by atoms with E-state index in [9.17, 15) is 10.2 Å². The summed E-state index contributed by atoms with van der Waals surface area (Å²) >= 11 is 0. The Balaban J connectivity index is 1.96. The third kappa shape index (κ3) is 2.95. The fraction of sp³-hybridized carbons (Fsp3) is 0.619. The molecule has 2 aliphatic rings. The van der Waals surface area contributed by atoms with Crippen LogP contribution in [0.3, 0.4) is 0 Å². The number of ether oxygens (including phenoxy) is 1. The Kier molecular flexibility index (Phi) is 4.65. The Bertz CT molecular complexity index is 632. The topological polar surface area (TPSA) is 49.7 Å². The third-order valence-corrected chi connectivity index (χ3v) is 5.80. The Morgan fingerprint density at radius 1 is 1.38 bits per heavy atom. The minimum absolute atomic E-state index is 0.00839. The van der Waals surface area contributed by atoms with Crippen LogP contribution in [0.1, 0.15) is 69.9 Å². The number of allylic oxidation sites excluding steroid dienone is 1. The summed E-state index contributed by atoms with van der Waals surface area (Å²) in [5.74, 6) is 1.31. The minimum atomic E-state index is -0.871. The van der Waals surface area contributed by atoms with Crippen molar-refractivity contribution in [2.75, 3.05) is 0 Å². The van der Waals surface area contributed by atoms with Gasteiger partial charge in [-0.25, -0.2) is 0 Å². The van der Waals surface area contributed by atoms with Crippen molar-refractivity contribution in [3.05, 3.63) is 35.4 Å². The number of fused-ring (bicyclic) bond motifs is 3. The van der Waals surface area contributed by atoms with Crippen LogP contribution in [-0.4, -0.2) is 21.9 Å². The van der Waals surface area contributed by atoms with E-state index in [1.165, 1.54) is 12.8 Å². The summed E-state index contributed by atoms with van der Waals surface area (Å²) in [6.07, 6.45) is 5.71. The molecule has 132 valence electrons. The lowest BCUT2D eigenvalue weighted by Gasteiger charge is -2.42. The van der Waals surface area contributed by atoms with Gasteiger partial charge in [-0.15, -0.1) is 0 Å². The average Bonchev–Trinajstić information content (AvgIpc) is 2.88. The molecule has 3 nitrogen and oxygen atoms in total. The molecule has 0 aromatic heterocycles. The van der Waals surface area contributed by atoms with Crippen molar-refractivity contribution < 1.29 is 14.9 Å². The molecule has 1 aliphatic heterocycles. The number of benzene rings is 1. The van der Waals surface area contributed by atoms with E-state index in [-0.39, 0.29) is 17.9 Å². The number of phenolic OH excluding ortho intramolecular Hbond substituents is 1. The van der Waals surface area contributed by atoms with Gasteiger partial charge >= 0.3 is 0 Å². The number of aromatic hydroxyl groups is 1. The second-order valence-electron chi connectivity index (χ2n) is 7.90. The van der Waals surface area contributed by atoms with Crippen LogP contribution >= 0.6 is 0 Å². The van der Waals surface area contributed by atoms with E-state index < -0.39 is 5.60 Å². The molecule has 0 saturated heterocycles. The van der Waals surface area contributed by atoms with Crippen LogP contribution in [0, 0.1) is 5.92 Å². The zero-order chi connectivity index (χ0) is 17.5. The summed E-state index contributed by atoms with van der Waals surface area (Å²) in [5, 5.41) is 21.5. The Morgan fingerprint density at radius 2 is 2.12 bits per heavy atom. The molecule has 1 aliphatic carbocycles. The second kappa shape index (κ2) is 6.44. The summed E-state index contributed by atoms with van der Waals surface area (Å²) in [6, 6.07) is 3.95. The van der Waals surface area contributed by atoms with Crippen molar-refractivity contribution in [1.82, 2.24) is 0 Å². The molecule has 0 radical (unpaired) electrons. The summed E-state index contributed by atoms with van der Waals surface area (Å²) < 4.78 is 6.18. The summed E-state index contributed by atoms with van der Waals surface area (Å²) in [7, 11) is 0. The maximum atomic E-state index is 10.8. The highest BCUT2D eigenvalue weighted by molar-refractivity contribution is 5.54. The molecule has 2 unspecified atom stereocenters.